The molecule has 1 aromatic rings. The van der Waals surface area contributed by atoms with Crippen LogP contribution in [0.4, 0.5) is 4.79 Å². The Bertz CT molecular complexity index is 574. The van der Waals surface area contributed by atoms with Gasteiger partial charge < -0.3 is 28.9 Å². The van der Waals surface area contributed by atoms with Crippen molar-refractivity contribution in [1.29, 1.82) is 0 Å². The van der Waals surface area contributed by atoms with Gasteiger partial charge in [0.05, 0.1) is 34.0 Å². The van der Waals surface area contributed by atoms with Gasteiger partial charge in [0.15, 0.2) is 11.5 Å². The summed E-state index contributed by atoms with van der Waals surface area (Å²) >= 11 is 0. The molecule has 1 aliphatic rings. The van der Waals surface area contributed by atoms with Crippen LogP contribution in [0.2, 0.25) is 0 Å². The van der Waals surface area contributed by atoms with Crippen molar-refractivity contribution in [2.45, 2.75) is 13.0 Å². The highest BCUT2D eigenvalue weighted by Crippen LogP contribution is 2.28. The van der Waals surface area contributed by atoms with Gasteiger partial charge in [-0.15, -0.1) is 0 Å². The molecule has 1 aromatic carbocycles. The molecule has 7 nitrogen and oxygen atoms in total. The number of benzene rings is 1. The van der Waals surface area contributed by atoms with Crippen LogP contribution in [-0.2, 0) is 11.3 Å². The summed E-state index contributed by atoms with van der Waals surface area (Å²) in [5.41, 5.74) is 1.02. The van der Waals surface area contributed by atoms with Crippen molar-refractivity contribution < 1.29 is 23.9 Å². The Labute approximate surface area is 156 Å². The minimum absolute atomic E-state index is 0.0248. The molecule has 0 radical (unpaired) electrons. The summed E-state index contributed by atoms with van der Waals surface area (Å²) in [6.07, 6.45) is 0.974. The smallest absolute Gasteiger partial charge is 0.319 e. The average molecular weight is 366 g/mol. The van der Waals surface area contributed by atoms with E-state index in [9.17, 15) is 4.79 Å². The van der Waals surface area contributed by atoms with Gasteiger partial charge in [-0.05, 0) is 17.7 Å². The molecule has 2 amide bonds. The largest absolute Gasteiger partial charge is 0.493 e. The third-order valence-corrected chi connectivity index (χ3v) is 4.63. The first-order chi connectivity index (χ1) is 12.5. The van der Waals surface area contributed by atoms with Crippen LogP contribution < -0.4 is 14.4 Å². The van der Waals surface area contributed by atoms with Gasteiger partial charge in [0.1, 0.15) is 13.1 Å². The third kappa shape index (κ3) is 5.78. The molecule has 0 unspecified atom stereocenters. The van der Waals surface area contributed by atoms with Crippen LogP contribution in [0, 0.1) is 0 Å². The first kappa shape index (κ1) is 20.3. The van der Waals surface area contributed by atoms with Gasteiger partial charge in [-0.3, -0.25) is 0 Å². The predicted octanol–water partition coefficient (Wildman–Crippen LogP) is 0.493. The number of carbonyl (C=O) groups is 1. The predicted molar refractivity (Wildman–Crippen MR) is 100 cm³/mol. The number of nitrogens with zero attached hydrogens (tertiary/aromatic N) is 2. The third-order valence-electron chi connectivity index (χ3n) is 4.63. The second kappa shape index (κ2) is 10.2. The number of morpholine rings is 1. The highest BCUT2D eigenvalue weighted by molar-refractivity contribution is 5.73. The molecule has 1 N–H and O–H groups in total. The van der Waals surface area contributed by atoms with Crippen LogP contribution in [0.3, 0.4) is 0 Å². The Kier molecular flexibility index (Phi) is 8.00. The van der Waals surface area contributed by atoms with E-state index in [4.69, 9.17) is 14.2 Å². The molecule has 0 aliphatic carbocycles. The molecule has 0 spiro atoms. The van der Waals surface area contributed by atoms with E-state index in [1.54, 1.807) is 38.1 Å². The molecule has 26 heavy (non-hydrogen) atoms. The Morgan fingerprint density at radius 1 is 1.15 bits per heavy atom. The minimum Gasteiger partial charge on any atom is -0.493 e. The van der Waals surface area contributed by atoms with Gasteiger partial charge >= 0.3 is 6.03 Å². The Balaban J connectivity index is 1.98. The van der Waals surface area contributed by atoms with Gasteiger partial charge in [-0.2, -0.15) is 0 Å². The van der Waals surface area contributed by atoms with Crippen LogP contribution in [0.25, 0.3) is 0 Å². The molecule has 2 rings (SSSR count). The zero-order valence-corrected chi connectivity index (χ0v) is 16.4. The van der Waals surface area contributed by atoms with Crippen LogP contribution in [0.1, 0.15) is 12.0 Å². The van der Waals surface area contributed by atoms with E-state index < -0.39 is 0 Å². The maximum absolute atomic E-state index is 12.6. The fourth-order valence-electron chi connectivity index (χ4n) is 3.15. The first-order valence-corrected chi connectivity index (χ1v) is 9.13. The minimum atomic E-state index is 0.0248. The molecule has 0 bridgehead atoms. The molecule has 1 heterocycles. The van der Waals surface area contributed by atoms with Crippen LogP contribution in [-0.4, -0.2) is 83.5 Å². The summed E-state index contributed by atoms with van der Waals surface area (Å²) in [4.78, 5) is 17.6. The molecular weight excluding hydrogens is 334 g/mol. The molecule has 146 valence electrons. The highest BCUT2D eigenvalue weighted by Gasteiger charge is 2.19. The maximum Gasteiger partial charge on any atom is 0.319 e. The highest BCUT2D eigenvalue weighted by atomic mass is 16.5. The number of amides is 2. The van der Waals surface area contributed by atoms with Crippen molar-refractivity contribution in [3.63, 3.8) is 0 Å². The summed E-state index contributed by atoms with van der Waals surface area (Å²) < 4.78 is 16.1. The molecule has 7 heteroatoms. The van der Waals surface area contributed by atoms with Crippen molar-refractivity contribution in [1.82, 2.24) is 9.80 Å². The topological polar surface area (TPSA) is 55.7 Å². The molecule has 1 saturated heterocycles. The number of ether oxygens (including phenoxy) is 3. The van der Waals surface area contributed by atoms with Gasteiger partial charge in [-0.25, -0.2) is 4.79 Å². The van der Waals surface area contributed by atoms with Crippen LogP contribution >= 0.6 is 0 Å². The zero-order chi connectivity index (χ0) is 18.9. The first-order valence-electron chi connectivity index (χ1n) is 9.13. The molecule has 0 aromatic heterocycles. The van der Waals surface area contributed by atoms with E-state index in [1.807, 2.05) is 23.1 Å². The maximum atomic E-state index is 12.6. The van der Waals surface area contributed by atoms with E-state index in [1.165, 1.54) is 0 Å². The van der Waals surface area contributed by atoms with Crippen molar-refractivity contribution >= 4 is 6.03 Å². The van der Waals surface area contributed by atoms with Crippen molar-refractivity contribution in [2.24, 2.45) is 0 Å². The number of carbonyl (C=O) groups excluding carboxylic acids is 1. The average Bonchev–Trinajstić information content (AvgIpc) is 2.67. The number of nitrogens with one attached hydrogen (secondary N) is 1. The van der Waals surface area contributed by atoms with Crippen molar-refractivity contribution in [3.8, 4) is 11.5 Å². The molecule has 1 fully saturated rings. The number of hydrogen-bond acceptors (Lipinski definition) is 4. The van der Waals surface area contributed by atoms with Gasteiger partial charge in [0.2, 0.25) is 0 Å². The van der Waals surface area contributed by atoms with Gasteiger partial charge in [0.25, 0.3) is 0 Å². The summed E-state index contributed by atoms with van der Waals surface area (Å²) in [6.45, 7) is 6.12. The number of urea groups is 1. The molecule has 0 saturated carbocycles. The van der Waals surface area contributed by atoms with Gasteiger partial charge in [0, 0.05) is 33.6 Å². The molecule has 0 atom stereocenters. The summed E-state index contributed by atoms with van der Waals surface area (Å²) in [5.74, 6) is 1.37. The Hall–Kier alpha value is -1.99. The number of hydrogen-bond donors (Lipinski definition) is 1. The quantitative estimate of drug-likeness (QED) is 0.728. The Morgan fingerprint density at radius 3 is 2.46 bits per heavy atom. The summed E-state index contributed by atoms with van der Waals surface area (Å²) in [6, 6.07) is 5.81. The number of rotatable bonds is 8. The lowest BCUT2D eigenvalue weighted by atomic mass is 10.2. The van der Waals surface area contributed by atoms with E-state index >= 15 is 0 Å². The van der Waals surface area contributed by atoms with E-state index in [0.717, 1.165) is 51.4 Å². The standard InChI is InChI=1S/C19H31N3O4/c1-20(2)19(23)22(9-5-8-21-10-12-26-13-11-21)15-16-6-7-17(24-3)18(14-16)25-4/h6-7,14H,5,8-13,15H2,1-4H3/p+1. The monoisotopic (exact) mass is 366 g/mol. The summed E-state index contributed by atoms with van der Waals surface area (Å²) in [5, 5.41) is 0. The SMILES string of the molecule is COc1ccc(CN(CCC[NH+]2CCOCC2)C(=O)N(C)C)cc1OC. The van der Waals surface area contributed by atoms with E-state index in [2.05, 4.69) is 0 Å². The van der Waals surface area contributed by atoms with Gasteiger partial charge in [-0.1, -0.05) is 6.07 Å². The number of methoxy groups -OCH3 is 2. The van der Waals surface area contributed by atoms with E-state index in [0.29, 0.717) is 18.0 Å². The Morgan fingerprint density at radius 2 is 1.85 bits per heavy atom. The second-order valence-corrected chi connectivity index (χ2v) is 6.75. The fourth-order valence-corrected chi connectivity index (χ4v) is 3.15. The lowest BCUT2D eigenvalue weighted by molar-refractivity contribution is -0.908. The lowest BCUT2D eigenvalue weighted by Crippen LogP contribution is -3.14. The normalized spacial score (nSPS) is 14.8. The van der Waals surface area contributed by atoms with Crippen LogP contribution in [0.15, 0.2) is 18.2 Å². The number of quaternary nitrogens is 1. The lowest BCUT2D eigenvalue weighted by Gasteiger charge is -2.28. The van der Waals surface area contributed by atoms with Crippen LogP contribution in [0.5, 0.6) is 11.5 Å². The zero-order valence-electron chi connectivity index (χ0n) is 16.4. The van der Waals surface area contributed by atoms with E-state index in [-0.39, 0.29) is 6.03 Å². The second-order valence-electron chi connectivity index (χ2n) is 6.75. The van der Waals surface area contributed by atoms with Crippen molar-refractivity contribution in [2.75, 3.05) is 67.7 Å². The molecule has 1 aliphatic heterocycles. The molecular formula is C19H32N3O4+. The van der Waals surface area contributed by atoms with Crippen molar-refractivity contribution in [3.05, 3.63) is 23.8 Å². The fraction of sp³-hybridized carbons (Fsp3) is 0.632. The summed E-state index contributed by atoms with van der Waals surface area (Å²) in [7, 11) is 6.82.